The highest BCUT2D eigenvalue weighted by molar-refractivity contribution is 5.98. The molecule has 2 amide bonds. The Labute approximate surface area is 186 Å². The normalized spacial score (nSPS) is 15.7. The zero-order chi connectivity index (χ0) is 22.8. The van der Waals surface area contributed by atoms with Gasteiger partial charge in [-0.2, -0.15) is 0 Å². The highest BCUT2D eigenvalue weighted by Gasteiger charge is 2.36. The number of nitrogens with zero attached hydrogens (tertiary/aromatic N) is 3. The standard InChI is InChI=1S/C25H25N3O4/c1-17-15-19(12-13-22(17)28(31)32)24(29)27-14-6-11-23(27)25(30)26(2)16-20-9-5-8-18-7-3-4-10-21(18)20/h3-5,7-10,12-13,15,23H,6,11,14,16H2,1-2H3. The fourth-order valence-electron chi connectivity index (χ4n) is 4.44. The minimum Gasteiger partial charge on any atom is -0.340 e. The van der Waals surface area contributed by atoms with Crippen molar-refractivity contribution in [3.63, 3.8) is 0 Å². The van der Waals surface area contributed by atoms with E-state index in [4.69, 9.17) is 0 Å². The topological polar surface area (TPSA) is 83.8 Å². The Morgan fingerprint density at radius 1 is 1.12 bits per heavy atom. The van der Waals surface area contributed by atoms with E-state index < -0.39 is 11.0 Å². The molecule has 1 heterocycles. The van der Waals surface area contributed by atoms with E-state index in [1.165, 1.54) is 18.2 Å². The van der Waals surface area contributed by atoms with Crippen LogP contribution in [0.1, 0.15) is 34.3 Å². The lowest BCUT2D eigenvalue weighted by Gasteiger charge is -2.28. The van der Waals surface area contributed by atoms with Crippen molar-refractivity contribution in [3.05, 3.63) is 87.5 Å². The van der Waals surface area contributed by atoms with Gasteiger partial charge in [0.1, 0.15) is 6.04 Å². The Hall–Kier alpha value is -3.74. The summed E-state index contributed by atoms with van der Waals surface area (Å²) in [6.07, 6.45) is 1.35. The largest absolute Gasteiger partial charge is 0.340 e. The first kappa shape index (κ1) is 21.5. The van der Waals surface area contributed by atoms with Gasteiger partial charge in [-0.25, -0.2) is 0 Å². The van der Waals surface area contributed by atoms with E-state index in [1.54, 1.807) is 23.8 Å². The number of nitro groups is 1. The van der Waals surface area contributed by atoms with E-state index in [-0.39, 0.29) is 17.5 Å². The summed E-state index contributed by atoms with van der Waals surface area (Å²) >= 11 is 0. The van der Waals surface area contributed by atoms with Crippen molar-refractivity contribution < 1.29 is 14.5 Å². The molecule has 1 atom stereocenters. The molecule has 4 rings (SSSR count). The summed E-state index contributed by atoms with van der Waals surface area (Å²) in [5.74, 6) is -0.361. The van der Waals surface area contributed by atoms with Crippen LogP contribution in [0.2, 0.25) is 0 Å². The SMILES string of the molecule is Cc1cc(C(=O)N2CCCC2C(=O)N(C)Cc2cccc3ccccc23)ccc1[N+](=O)[O-]. The molecule has 0 saturated carbocycles. The first-order valence-corrected chi connectivity index (χ1v) is 10.6. The van der Waals surface area contributed by atoms with Crippen molar-refractivity contribution in [1.82, 2.24) is 9.80 Å². The molecule has 0 bridgehead atoms. The number of likely N-dealkylation sites (tertiary alicyclic amines) is 1. The van der Waals surface area contributed by atoms with Gasteiger partial charge < -0.3 is 9.80 Å². The van der Waals surface area contributed by atoms with Gasteiger partial charge in [-0.05, 0) is 48.2 Å². The van der Waals surface area contributed by atoms with Gasteiger partial charge in [0.25, 0.3) is 11.6 Å². The van der Waals surface area contributed by atoms with E-state index in [2.05, 4.69) is 0 Å². The van der Waals surface area contributed by atoms with E-state index in [0.29, 0.717) is 30.6 Å². The summed E-state index contributed by atoms with van der Waals surface area (Å²) in [6.45, 7) is 2.56. The first-order valence-electron chi connectivity index (χ1n) is 10.6. The van der Waals surface area contributed by atoms with Gasteiger partial charge in [-0.3, -0.25) is 19.7 Å². The van der Waals surface area contributed by atoms with Gasteiger partial charge >= 0.3 is 0 Å². The van der Waals surface area contributed by atoms with Crippen LogP contribution < -0.4 is 0 Å². The van der Waals surface area contributed by atoms with Crippen LogP contribution in [0.3, 0.4) is 0 Å². The van der Waals surface area contributed by atoms with Crippen molar-refractivity contribution in [2.24, 2.45) is 0 Å². The van der Waals surface area contributed by atoms with Crippen LogP contribution in [0, 0.1) is 17.0 Å². The Balaban J connectivity index is 1.52. The summed E-state index contributed by atoms with van der Waals surface area (Å²) in [5, 5.41) is 13.3. The van der Waals surface area contributed by atoms with Crippen LogP contribution in [0.4, 0.5) is 5.69 Å². The van der Waals surface area contributed by atoms with Crippen molar-refractivity contribution in [2.45, 2.75) is 32.4 Å². The van der Waals surface area contributed by atoms with Gasteiger partial charge in [0.2, 0.25) is 5.91 Å². The molecule has 0 radical (unpaired) electrons. The van der Waals surface area contributed by atoms with E-state index in [9.17, 15) is 19.7 Å². The molecule has 0 spiro atoms. The number of nitro benzene ring substituents is 1. The molecule has 1 saturated heterocycles. The fraction of sp³-hybridized carbons (Fsp3) is 0.280. The minimum absolute atomic E-state index is 0.0228. The molecule has 3 aromatic carbocycles. The number of fused-ring (bicyclic) bond motifs is 1. The van der Waals surface area contributed by atoms with E-state index >= 15 is 0 Å². The third-order valence-electron chi connectivity index (χ3n) is 6.10. The van der Waals surface area contributed by atoms with Crippen LogP contribution in [-0.2, 0) is 11.3 Å². The quantitative estimate of drug-likeness (QED) is 0.445. The van der Waals surface area contributed by atoms with Crippen molar-refractivity contribution >= 4 is 28.3 Å². The predicted octanol–water partition coefficient (Wildman–Crippen LogP) is 4.32. The third-order valence-corrected chi connectivity index (χ3v) is 6.10. The number of carbonyl (C=O) groups is 2. The number of hydrogen-bond donors (Lipinski definition) is 0. The van der Waals surface area contributed by atoms with Crippen LogP contribution in [0.25, 0.3) is 10.8 Å². The van der Waals surface area contributed by atoms with Crippen molar-refractivity contribution in [2.75, 3.05) is 13.6 Å². The number of aryl methyl sites for hydroxylation is 1. The van der Waals surface area contributed by atoms with Crippen LogP contribution in [0.15, 0.2) is 60.7 Å². The number of rotatable bonds is 5. The number of amides is 2. The smallest absolute Gasteiger partial charge is 0.272 e. The Morgan fingerprint density at radius 3 is 2.62 bits per heavy atom. The molecule has 32 heavy (non-hydrogen) atoms. The molecule has 3 aromatic rings. The molecule has 0 N–H and O–H groups in total. The zero-order valence-corrected chi connectivity index (χ0v) is 18.2. The van der Waals surface area contributed by atoms with Crippen molar-refractivity contribution in [3.8, 4) is 0 Å². The maximum absolute atomic E-state index is 13.3. The zero-order valence-electron chi connectivity index (χ0n) is 18.2. The predicted molar refractivity (Wildman–Crippen MR) is 122 cm³/mol. The maximum Gasteiger partial charge on any atom is 0.272 e. The highest BCUT2D eigenvalue weighted by Crippen LogP contribution is 2.26. The summed E-state index contributed by atoms with van der Waals surface area (Å²) < 4.78 is 0. The molecular weight excluding hydrogens is 406 g/mol. The third kappa shape index (κ3) is 4.06. The van der Waals surface area contributed by atoms with Crippen molar-refractivity contribution in [1.29, 1.82) is 0 Å². The van der Waals surface area contributed by atoms with Crippen LogP contribution >= 0.6 is 0 Å². The molecule has 0 aliphatic carbocycles. The number of carbonyl (C=O) groups excluding carboxylic acids is 2. The maximum atomic E-state index is 13.3. The van der Waals surface area contributed by atoms with E-state index in [1.807, 2.05) is 42.5 Å². The number of hydrogen-bond acceptors (Lipinski definition) is 4. The lowest BCUT2D eigenvalue weighted by Crippen LogP contribution is -2.46. The minimum atomic E-state index is -0.530. The molecule has 164 valence electrons. The second kappa shape index (κ2) is 8.78. The van der Waals surface area contributed by atoms with E-state index in [0.717, 1.165) is 22.8 Å². The second-order valence-corrected chi connectivity index (χ2v) is 8.25. The molecule has 1 aliphatic rings. The molecule has 1 aliphatic heterocycles. The summed E-state index contributed by atoms with van der Waals surface area (Å²) in [5.41, 5.74) is 1.83. The molecule has 7 heteroatoms. The summed E-state index contributed by atoms with van der Waals surface area (Å²) in [7, 11) is 1.76. The van der Waals surface area contributed by atoms with Crippen LogP contribution in [-0.4, -0.2) is 46.2 Å². The van der Waals surface area contributed by atoms with Gasteiger partial charge in [-0.15, -0.1) is 0 Å². The second-order valence-electron chi connectivity index (χ2n) is 8.25. The molecule has 7 nitrogen and oxygen atoms in total. The first-order chi connectivity index (χ1) is 15.4. The Bertz CT molecular complexity index is 1200. The molecule has 1 unspecified atom stereocenters. The van der Waals surface area contributed by atoms with Gasteiger partial charge in [-0.1, -0.05) is 42.5 Å². The molecule has 1 fully saturated rings. The Kier molecular flexibility index (Phi) is 5.90. The number of likely N-dealkylation sites (N-methyl/N-ethyl adjacent to an activating group) is 1. The average Bonchev–Trinajstić information content (AvgIpc) is 3.27. The number of benzene rings is 3. The summed E-state index contributed by atoms with van der Waals surface area (Å²) in [4.78, 5) is 40.3. The molecule has 0 aromatic heterocycles. The van der Waals surface area contributed by atoms with Gasteiger partial charge in [0.15, 0.2) is 0 Å². The Morgan fingerprint density at radius 2 is 1.88 bits per heavy atom. The monoisotopic (exact) mass is 431 g/mol. The molecular formula is C25H25N3O4. The van der Waals surface area contributed by atoms with Gasteiger partial charge in [0, 0.05) is 37.3 Å². The average molecular weight is 431 g/mol. The van der Waals surface area contributed by atoms with Crippen LogP contribution in [0.5, 0.6) is 0 Å². The highest BCUT2D eigenvalue weighted by atomic mass is 16.6. The lowest BCUT2D eigenvalue weighted by molar-refractivity contribution is -0.385. The summed E-state index contributed by atoms with van der Waals surface area (Å²) in [6, 6.07) is 17.9. The lowest BCUT2D eigenvalue weighted by atomic mass is 10.0. The fourth-order valence-corrected chi connectivity index (χ4v) is 4.44. The van der Waals surface area contributed by atoms with Gasteiger partial charge in [0.05, 0.1) is 4.92 Å².